The zero-order valence-corrected chi connectivity index (χ0v) is 9.98. The second-order valence-electron chi connectivity index (χ2n) is 3.43. The second kappa shape index (κ2) is 5.85. The van der Waals surface area contributed by atoms with Crippen molar-refractivity contribution >= 4 is 15.8 Å². The van der Waals surface area contributed by atoms with Crippen molar-refractivity contribution in [3.8, 4) is 0 Å². The maximum absolute atomic E-state index is 10.8. The summed E-state index contributed by atoms with van der Waals surface area (Å²) in [6, 6.07) is 0.277. The Labute approximate surface area is 85.9 Å². The smallest absolute Gasteiger partial charge is 0.191 e. The fraction of sp³-hybridized carbons (Fsp3) is 0.875. The van der Waals surface area contributed by atoms with E-state index in [9.17, 15) is 8.42 Å². The van der Waals surface area contributed by atoms with Crippen LogP contribution in [0, 0.1) is 0 Å². The van der Waals surface area contributed by atoms with E-state index in [0.717, 1.165) is 0 Å². The predicted octanol–water partition coefficient (Wildman–Crippen LogP) is -0.396. The third-order valence-electron chi connectivity index (χ3n) is 1.41. The van der Waals surface area contributed by atoms with Gasteiger partial charge < -0.3 is 10.6 Å². The van der Waals surface area contributed by atoms with Gasteiger partial charge >= 0.3 is 0 Å². The van der Waals surface area contributed by atoms with E-state index in [2.05, 4.69) is 15.6 Å². The highest BCUT2D eigenvalue weighted by Gasteiger charge is 2.03. The van der Waals surface area contributed by atoms with Crippen molar-refractivity contribution in [1.82, 2.24) is 10.6 Å². The minimum Gasteiger partial charge on any atom is -0.355 e. The molecule has 6 heteroatoms. The van der Waals surface area contributed by atoms with Gasteiger partial charge in [-0.1, -0.05) is 0 Å². The Bertz CT molecular complexity index is 283. The molecule has 0 aliphatic carbocycles. The molecule has 0 bridgehead atoms. The van der Waals surface area contributed by atoms with Gasteiger partial charge in [0.1, 0.15) is 9.84 Å². The zero-order valence-electron chi connectivity index (χ0n) is 9.16. The number of aliphatic imine (C=N–C) groups is 1. The molecule has 0 fully saturated rings. The summed E-state index contributed by atoms with van der Waals surface area (Å²) in [7, 11) is -1.25. The Kier molecular flexibility index (Phi) is 5.52. The molecule has 0 rings (SSSR count). The molecule has 0 heterocycles. The first-order valence-electron chi connectivity index (χ1n) is 4.50. The Morgan fingerprint density at radius 3 is 2.36 bits per heavy atom. The number of hydrogen-bond donors (Lipinski definition) is 2. The average molecular weight is 221 g/mol. The molecule has 0 atom stereocenters. The van der Waals surface area contributed by atoms with E-state index in [1.165, 1.54) is 6.26 Å². The Hall–Kier alpha value is -0.780. The van der Waals surface area contributed by atoms with E-state index in [-0.39, 0.29) is 11.8 Å². The van der Waals surface area contributed by atoms with Crippen LogP contribution < -0.4 is 10.6 Å². The van der Waals surface area contributed by atoms with Gasteiger partial charge in [-0.3, -0.25) is 4.99 Å². The van der Waals surface area contributed by atoms with Crippen LogP contribution in [0.15, 0.2) is 4.99 Å². The highest BCUT2D eigenvalue weighted by Crippen LogP contribution is 1.81. The topological polar surface area (TPSA) is 70.6 Å². The van der Waals surface area contributed by atoms with E-state index in [0.29, 0.717) is 12.5 Å². The molecule has 2 N–H and O–H groups in total. The lowest BCUT2D eigenvalue weighted by molar-refractivity contribution is 0.600. The molecule has 0 unspecified atom stereocenters. The van der Waals surface area contributed by atoms with Gasteiger partial charge in [0.25, 0.3) is 0 Å². The molecule has 5 nitrogen and oxygen atoms in total. The van der Waals surface area contributed by atoms with Crippen molar-refractivity contribution in [2.24, 2.45) is 4.99 Å². The number of sulfone groups is 1. The quantitative estimate of drug-likeness (QED) is 0.501. The molecule has 0 saturated carbocycles. The van der Waals surface area contributed by atoms with Crippen molar-refractivity contribution in [1.29, 1.82) is 0 Å². The van der Waals surface area contributed by atoms with Crippen molar-refractivity contribution in [2.75, 3.05) is 25.6 Å². The molecule has 0 amide bonds. The molecule has 0 aromatic heterocycles. The molecule has 84 valence electrons. The summed E-state index contributed by atoms with van der Waals surface area (Å²) in [5, 5.41) is 5.98. The van der Waals surface area contributed by atoms with Crippen molar-refractivity contribution in [3.63, 3.8) is 0 Å². The minimum atomic E-state index is -2.90. The van der Waals surface area contributed by atoms with Crippen molar-refractivity contribution in [3.05, 3.63) is 0 Å². The van der Waals surface area contributed by atoms with E-state index in [1.54, 1.807) is 7.05 Å². The van der Waals surface area contributed by atoms with Gasteiger partial charge in [-0.15, -0.1) is 0 Å². The summed E-state index contributed by atoms with van der Waals surface area (Å²) in [5.74, 6) is 0.745. The lowest BCUT2D eigenvalue weighted by Gasteiger charge is -2.13. The van der Waals surface area contributed by atoms with Crippen LogP contribution in [-0.2, 0) is 9.84 Å². The van der Waals surface area contributed by atoms with E-state index in [1.807, 2.05) is 13.8 Å². The maximum atomic E-state index is 10.8. The van der Waals surface area contributed by atoms with Crippen LogP contribution >= 0.6 is 0 Å². The molecule has 0 spiro atoms. The summed E-state index contributed by atoms with van der Waals surface area (Å²) in [6.45, 7) is 4.36. The zero-order chi connectivity index (χ0) is 11.2. The maximum Gasteiger partial charge on any atom is 0.191 e. The summed E-state index contributed by atoms with van der Waals surface area (Å²) >= 11 is 0. The van der Waals surface area contributed by atoms with Crippen LogP contribution in [0.2, 0.25) is 0 Å². The number of hydrogen-bond acceptors (Lipinski definition) is 3. The summed E-state index contributed by atoms with van der Waals surface area (Å²) in [5.41, 5.74) is 0. The average Bonchev–Trinajstić information content (AvgIpc) is 1.99. The molecule has 14 heavy (non-hydrogen) atoms. The van der Waals surface area contributed by atoms with Gasteiger partial charge in [0, 0.05) is 25.9 Å². The third kappa shape index (κ3) is 7.85. The SMILES string of the molecule is CN=C(NCCS(C)(=O)=O)NC(C)C. The van der Waals surface area contributed by atoms with Crippen LogP contribution in [0.25, 0.3) is 0 Å². The van der Waals surface area contributed by atoms with Gasteiger partial charge in [0.05, 0.1) is 5.75 Å². The number of nitrogens with zero attached hydrogens (tertiary/aromatic N) is 1. The van der Waals surface area contributed by atoms with Gasteiger partial charge in [0.15, 0.2) is 5.96 Å². The van der Waals surface area contributed by atoms with Gasteiger partial charge in [-0.05, 0) is 13.8 Å². The Balaban J connectivity index is 3.87. The molecule has 0 radical (unpaired) electrons. The molecule has 0 aliphatic heterocycles. The first kappa shape index (κ1) is 13.2. The van der Waals surface area contributed by atoms with Crippen LogP contribution in [0.5, 0.6) is 0 Å². The first-order chi connectivity index (χ1) is 6.35. The number of rotatable bonds is 4. The largest absolute Gasteiger partial charge is 0.355 e. The fourth-order valence-electron chi connectivity index (χ4n) is 0.823. The normalized spacial score (nSPS) is 13.1. The number of nitrogens with one attached hydrogen (secondary N) is 2. The van der Waals surface area contributed by atoms with Crippen LogP contribution in [-0.4, -0.2) is 46.0 Å². The minimum absolute atomic E-state index is 0.117. The van der Waals surface area contributed by atoms with Crippen LogP contribution in [0.4, 0.5) is 0 Å². The highest BCUT2D eigenvalue weighted by atomic mass is 32.2. The predicted molar refractivity (Wildman–Crippen MR) is 59.3 cm³/mol. The summed E-state index contributed by atoms with van der Waals surface area (Å²) in [6.07, 6.45) is 1.22. The fourth-order valence-corrected chi connectivity index (χ4v) is 1.30. The van der Waals surface area contributed by atoms with E-state index < -0.39 is 9.84 Å². The molecule has 0 aromatic carbocycles. The third-order valence-corrected chi connectivity index (χ3v) is 2.36. The van der Waals surface area contributed by atoms with Crippen LogP contribution in [0.3, 0.4) is 0 Å². The van der Waals surface area contributed by atoms with E-state index in [4.69, 9.17) is 0 Å². The first-order valence-corrected chi connectivity index (χ1v) is 6.56. The molecular weight excluding hydrogens is 202 g/mol. The monoisotopic (exact) mass is 221 g/mol. The van der Waals surface area contributed by atoms with Crippen LogP contribution in [0.1, 0.15) is 13.8 Å². The van der Waals surface area contributed by atoms with Crippen molar-refractivity contribution < 1.29 is 8.42 Å². The lowest BCUT2D eigenvalue weighted by atomic mass is 10.4. The second-order valence-corrected chi connectivity index (χ2v) is 5.69. The lowest BCUT2D eigenvalue weighted by Crippen LogP contribution is -2.42. The summed E-state index contributed by atoms with van der Waals surface area (Å²) < 4.78 is 21.6. The Morgan fingerprint density at radius 2 is 2.00 bits per heavy atom. The molecule has 0 aromatic rings. The van der Waals surface area contributed by atoms with Gasteiger partial charge in [-0.2, -0.15) is 0 Å². The Morgan fingerprint density at radius 1 is 1.43 bits per heavy atom. The highest BCUT2D eigenvalue weighted by molar-refractivity contribution is 7.90. The summed E-state index contributed by atoms with van der Waals surface area (Å²) in [4.78, 5) is 3.95. The standard InChI is InChI=1S/C8H19N3O2S/c1-7(2)11-8(9-3)10-5-6-14(4,12)13/h7H,5-6H2,1-4H3,(H2,9,10,11). The number of guanidine groups is 1. The van der Waals surface area contributed by atoms with Crippen molar-refractivity contribution in [2.45, 2.75) is 19.9 Å². The molecule has 0 saturated heterocycles. The molecule has 0 aliphatic rings. The van der Waals surface area contributed by atoms with E-state index >= 15 is 0 Å². The van der Waals surface area contributed by atoms with Gasteiger partial charge in [-0.25, -0.2) is 8.42 Å². The molecular formula is C8H19N3O2S. The van der Waals surface area contributed by atoms with Gasteiger partial charge in [0.2, 0.25) is 0 Å².